The maximum Gasteiger partial charge on any atom is 0.322 e. The Morgan fingerprint density at radius 2 is 2.00 bits per heavy atom. The van der Waals surface area contributed by atoms with Crippen molar-refractivity contribution in [3.8, 4) is 5.75 Å². The third kappa shape index (κ3) is 4.75. The van der Waals surface area contributed by atoms with E-state index in [1.807, 2.05) is 0 Å². The van der Waals surface area contributed by atoms with Crippen molar-refractivity contribution in [2.24, 2.45) is 0 Å². The Labute approximate surface area is 157 Å². The molecule has 2 N–H and O–H groups in total. The molecule has 1 heterocycles. The number of carbonyl (C=O) groups excluding carboxylic acids is 2. The molecular weight excluding hydrogens is 349 g/mol. The summed E-state index contributed by atoms with van der Waals surface area (Å²) in [6.45, 7) is 0.811. The Bertz CT molecular complexity index is 810. The summed E-state index contributed by atoms with van der Waals surface area (Å²) in [6, 6.07) is 12.2. The first-order valence-electron chi connectivity index (χ1n) is 8.80. The minimum atomic E-state index is -0.518. The van der Waals surface area contributed by atoms with Gasteiger partial charge in [0.1, 0.15) is 17.6 Å². The Morgan fingerprint density at radius 3 is 2.74 bits per heavy atom. The van der Waals surface area contributed by atoms with Gasteiger partial charge < -0.3 is 20.3 Å². The molecule has 1 atom stereocenters. The summed E-state index contributed by atoms with van der Waals surface area (Å²) in [7, 11) is 1.56. The first-order chi connectivity index (χ1) is 13.1. The van der Waals surface area contributed by atoms with Crippen LogP contribution in [0.2, 0.25) is 0 Å². The average Bonchev–Trinajstić information content (AvgIpc) is 3.17. The lowest BCUT2D eigenvalue weighted by Crippen LogP contribution is -2.47. The molecule has 27 heavy (non-hydrogen) atoms. The molecule has 6 nitrogen and oxygen atoms in total. The zero-order valence-corrected chi connectivity index (χ0v) is 15.1. The molecule has 3 amide bonds. The second-order valence-electron chi connectivity index (χ2n) is 6.36. The van der Waals surface area contributed by atoms with E-state index in [0.29, 0.717) is 30.9 Å². The van der Waals surface area contributed by atoms with Crippen LogP contribution in [0.5, 0.6) is 5.75 Å². The lowest BCUT2D eigenvalue weighted by molar-refractivity contribution is -0.124. The third-order valence-corrected chi connectivity index (χ3v) is 4.52. The van der Waals surface area contributed by atoms with E-state index in [-0.39, 0.29) is 17.8 Å². The highest BCUT2D eigenvalue weighted by molar-refractivity contribution is 5.94. The smallest absolute Gasteiger partial charge is 0.322 e. The van der Waals surface area contributed by atoms with Crippen LogP contribution in [-0.4, -0.2) is 36.5 Å². The number of anilines is 1. The van der Waals surface area contributed by atoms with Gasteiger partial charge in [0.15, 0.2) is 0 Å². The second-order valence-corrected chi connectivity index (χ2v) is 6.36. The van der Waals surface area contributed by atoms with Gasteiger partial charge in [-0.15, -0.1) is 0 Å². The Balaban J connectivity index is 1.59. The van der Waals surface area contributed by atoms with Gasteiger partial charge in [0.2, 0.25) is 5.91 Å². The fraction of sp³-hybridized carbons (Fsp3) is 0.300. The van der Waals surface area contributed by atoms with Gasteiger partial charge in [-0.1, -0.05) is 18.2 Å². The van der Waals surface area contributed by atoms with Crippen molar-refractivity contribution >= 4 is 17.6 Å². The fourth-order valence-electron chi connectivity index (χ4n) is 3.09. The highest BCUT2D eigenvalue weighted by atomic mass is 19.1. The molecule has 0 radical (unpaired) electrons. The summed E-state index contributed by atoms with van der Waals surface area (Å²) in [6.07, 6.45) is 1.38. The van der Waals surface area contributed by atoms with Crippen LogP contribution in [0, 0.1) is 5.82 Å². The topological polar surface area (TPSA) is 70.7 Å². The van der Waals surface area contributed by atoms with Crippen LogP contribution in [0.25, 0.3) is 0 Å². The van der Waals surface area contributed by atoms with Crippen molar-refractivity contribution in [2.45, 2.75) is 25.4 Å². The van der Waals surface area contributed by atoms with Gasteiger partial charge in [0, 0.05) is 24.8 Å². The largest absolute Gasteiger partial charge is 0.497 e. The van der Waals surface area contributed by atoms with Crippen LogP contribution in [-0.2, 0) is 11.3 Å². The first kappa shape index (κ1) is 18.7. The van der Waals surface area contributed by atoms with Crippen LogP contribution < -0.4 is 15.4 Å². The lowest BCUT2D eigenvalue weighted by Gasteiger charge is -2.24. The number of urea groups is 1. The quantitative estimate of drug-likeness (QED) is 0.848. The van der Waals surface area contributed by atoms with Gasteiger partial charge in [-0.05, 0) is 42.7 Å². The summed E-state index contributed by atoms with van der Waals surface area (Å²) < 4.78 is 18.1. The molecule has 0 aliphatic carbocycles. The fourth-order valence-corrected chi connectivity index (χ4v) is 3.09. The van der Waals surface area contributed by atoms with Gasteiger partial charge in [0.05, 0.1) is 7.11 Å². The zero-order valence-electron chi connectivity index (χ0n) is 15.1. The van der Waals surface area contributed by atoms with E-state index in [4.69, 9.17) is 4.74 Å². The van der Waals surface area contributed by atoms with Crippen molar-refractivity contribution in [1.82, 2.24) is 10.2 Å². The molecule has 0 bridgehead atoms. The third-order valence-electron chi connectivity index (χ3n) is 4.52. The van der Waals surface area contributed by atoms with Crippen LogP contribution in [0.4, 0.5) is 14.9 Å². The Morgan fingerprint density at radius 1 is 1.22 bits per heavy atom. The van der Waals surface area contributed by atoms with E-state index < -0.39 is 6.04 Å². The number of halogens is 1. The molecule has 0 saturated carbocycles. The van der Waals surface area contributed by atoms with E-state index in [2.05, 4.69) is 10.6 Å². The van der Waals surface area contributed by atoms with E-state index in [1.54, 1.807) is 48.4 Å². The Hall–Kier alpha value is -3.09. The number of carbonyl (C=O) groups is 2. The molecule has 1 aliphatic rings. The SMILES string of the molecule is COc1cccc(NC(=O)N2CCC[C@H]2C(=O)NCc2ccc(F)cc2)c1. The highest BCUT2D eigenvalue weighted by Gasteiger charge is 2.34. The minimum Gasteiger partial charge on any atom is -0.497 e. The molecule has 142 valence electrons. The minimum absolute atomic E-state index is 0.211. The lowest BCUT2D eigenvalue weighted by atomic mass is 10.2. The molecule has 0 aromatic heterocycles. The number of hydrogen-bond acceptors (Lipinski definition) is 3. The molecule has 1 saturated heterocycles. The van der Waals surface area contributed by atoms with Gasteiger partial charge in [-0.2, -0.15) is 0 Å². The summed E-state index contributed by atoms with van der Waals surface area (Å²) in [5.41, 5.74) is 1.41. The molecule has 1 aliphatic heterocycles. The summed E-state index contributed by atoms with van der Waals surface area (Å²) in [5.74, 6) is 0.113. The molecule has 2 aromatic rings. The van der Waals surface area contributed by atoms with Gasteiger partial charge in [0.25, 0.3) is 0 Å². The molecule has 7 heteroatoms. The van der Waals surface area contributed by atoms with Crippen molar-refractivity contribution in [2.75, 3.05) is 19.0 Å². The summed E-state index contributed by atoms with van der Waals surface area (Å²) >= 11 is 0. The van der Waals surface area contributed by atoms with E-state index in [9.17, 15) is 14.0 Å². The van der Waals surface area contributed by atoms with Crippen molar-refractivity contribution in [3.05, 3.63) is 59.9 Å². The van der Waals surface area contributed by atoms with Gasteiger partial charge in [-0.3, -0.25) is 4.79 Å². The van der Waals surface area contributed by atoms with E-state index in [0.717, 1.165) is 12.0 Å². The van der Waals surface area contributed by atoms with Gasteiger partial charge >= 0.3 is 6.03 Å². The normalized spacial score (nSPS) is 16.1. The maximum atomic E-state index is 13.0. The van der Waals surface area contributed by atoms with Crippen LogP contribution in [0.15, 0.2) is 48.5 Å². The van der Waals surface area contributed by atoms with Crippen molar-refractivity contribution < 1.29 is 18.7 Å². The van der Waals surface area contributed by atoms with Crippen LogP contribution >= 0.6 is 0 Å². The number of likely N-dealkylation sites (tertiary alicyclic amines) is 1. The number of nitrogens with zero attached hydrogens (tertiary/aromatic N) is 1. The van der Waals surface area contributed by atoms with Crippen LogP contribution in [0.1, 0.15) is 18.4 Å². The highest BCUT2D eigenvalue weighted by Crippen LogP contribution is 2.21. The molecule has 1 fully saturated rings. The molecular formula is C20H22FN3O3. The number of ether oxygens (including phenoxy) is 1. The number of benzene rings is 2. The predicted molar refractivity (Wildman–Crippen MR) is 100.0 cm³/mol. The number of amides is 3. The van der Waals surface area contributed by atoms with Crippen LogP contribution in [0.3, 0.4) is 0 Å². The monoisotopic (exact) mass is 371 g/mol. The molecule has 2 aromatic carbocycles. The number of rotatable bonds is 5. The van der Waals surface area contributed by atoms with Crippen molar-refractivity contribution in [3.63, 3.8) is 0 Å². The molecule has 0 unspecified atom stereocenters. The van der Waals surface area contributed by atoms with E-state index in [1.165, 1.54) is 12.1 Å². The average molecular weight is 371 g/mol. The predicted octanol–water partition coefficient (Wildman–Crippen LogP) is 3.15. The number of hydrogen-bond donors (Lipinski definition) is 2. The standard InChI is InChI=1S/C20H22FN3O3/c1-27-17-5-2-4-16(12-17)23-20(26)24-11-3-6-18(24)19(25)22-13-14-7-9-15(21)10-8-14/h2,4-5,7-10,12,18H,3,6,11,13H2,1H3,(H,22,25)(H,23,26)/t18-/m0/s1. The Kier molecular flexibility index (Phi) is 5.90. The summed E-state index contributed by atoms with van der Waals surface area (Å²) in [5, 5.41) is 5.63. The van der Waals surface area contributed by atoms with Crippen molar-refractivity contribution in [1.29, 1.82) is 0 Å². The number of nitrogens with one attached hydrogen (secondary N) is 2. The number of methoxy groups -OCH3 is 1. The summed E-state index contributed by atoms with van der Waals surface area (Å²) in [4.78, 5) is 26.7. The molecule has 0 spiro atoms. The van der Waals surface area contributed by atoms with Gasteiger partial charge in [-0.25, -0.2) is 9.18 Å². The molecule has 3 rings (SSSR count). The maximum absolute atomic E-state index is 13.0. The van der Waals surface area contributed by atoms with E-state index >= 15 is 0 Å². The first-order valence-corrected chi connectivity index (χ1v) is 8.80. The second kappa shape index (κ2) is 8.53. The zero-order chi connectivity index (χ0) is 19.2.